The number of hydrogen-bond acceptors (Lipinski definition) is 4. The Kier molecular flexibility index (Phi) is 6.42. The van der Waals surface area contributed by atoms with Crippen LogP contribution in [0.1, 0.15) is 82.4 Å². The molecule has 0 spiro atoms. The summed E-state index contributed by atoms with van der Waals surface area (Å²) < 4.78 is 42.6. The molecule has 152 valence electrons. The Morgan fingerprint density at radius 1 is 1.11 bits per heavy atom. The molecule has 2 fully saturated rings. The molecule has 1 aliphatic carbocycles. The van der Waals surface area contributed by atoms with Gasteiger partial charge in [0.1, 0.15) is 0 Å². The van der Waals surface area contributed by atoms with Crippen molar-refractivity contribution >= 4 is 5.91 Å². The largest absolute Gasteiger partial charge is 0.470 e. The van der Waals surface area contributed by atoms with Gasteiger partial charge >= 0.3 is 12.1 Å². The van der Waals surface area contributed by atoms with Gasteiger partial charge in [-0.05, 0) is 44.4 Å². The van der Waals surface area contributed by atoms with Crippen molar-refractivity contribution in [3.63, 3.8) is 0 Å². The topological polar surface area (TPSA) is 59.2 Å². The minimum Gasteiger partial charge on any atom is -0.417 e. The monoisotopic (exact) mass is 387 g/mol. The van der Waals surface area contributed by atoms with E-state index in [-0.39, 0.29) is 23.6 Å². The van der Waals surface area contributed by atoms with E-state index < -0.39 is 12.1 Å². The van der Waals surface area contributed by atoms with Crippen molar-refractivity contribution in [2.45, 2.75) is 76.8 Å². The molecule has 5 nitrogen and oxygen atoms in total. The third kappa shape index (κ3) is 5.02. The third-order valence-corrected chi connectivity index (χ3v) is 6.00. The van der Waals surface area contributed by atoms with Gasteiger partial charge in [0.15, 0.2) is 0 Å². The maximum Gasteiger partial charge on any atom is 0.470 e. The van der Waals surface area contributed by atoms with Crippen LogP contribution in [0, 0.1) is 11.8 Å². The first-order valence-corrected chi connectivity index (χ1v) is 10.1. The van der Waals surface area contributed by atoms with Crippen molar-refractivity contribution in [3.05, 3.63) is 11.8 Å². The number of unbranched alkanes of at least 4 members (excludes halogenated alkanes) is 1. The zero-order valence-corrected chi connectivity index (χ0v) is 15.8. The van der Waals surface area contributed by atoms with E-state index in [0.29, 0.717) is 25.9 Å². The molecule has 1 saturated carbocycles. The number of piperidine rings is 1. The molecule has 0 atom stereocenters. The molecule has 0 radical (unpaired) electrons. The predicted molar refractivity (Wildman–Crippen MR) is 92.8 cm³/mol. The fraction of sp³-hybridized carbons (Fsp3) is 0.842. The molecule has 1 amide bonds. The third-order valence-electron chi connectivity index (χ3n) is 6.00. The molecular formula is C19H28F3N3O2. The van der Waals surface area contributed by atoms with Crippen LogP contribution in [0.5, 0.6) is 0 Å². The molecule has 1 aromatic rings. The molecule has 0 N–H and O–H groups in total. The van der Waals surface area contributed by atoms with E-state index in [9.17, 15) is 18.0 Å². The van der Waals surface area contributed by atoms with Crippen LogP contribution in [0.4, 0.5) is 13.2 Å². The Labute approximate surface area is 157 Å². The van der Waals surface area contributed by atoms with Crippen LogP contribution in [0.2, 0.25) is 0 Å². The van der Waals surface area contributed by atoms with Crippen molar-refractivity contribution in [1.29, 1.82) is 0 Å². The summed E-state index contributed by atoms with van der Waals surface area (Å²) in [5.74, 6) is -0.382. The van der Waals surface area contributed by atoms with Gasteiger partial charge in [0.25, 0.3) is 0 Å². The molecule has 2 aliphatic rings. The van der Waals surface area contributed by atoms with Gasteiger partial charge in [0.05, 0.1) is 0 Å². The molecule has 1 aromatic heterocycles. The number of hydrogen-bond donors (Lipinski definition) is 0. The fourth-order valence-electron chi connectivity index (χ4n) is 4.31. The van der Waals surface area contributed by atoms with Gasteiger partial charge in [-0.15, -0.1) is 10.2 Å². The van der Waals surface area contributed by atoms with E-state index in [1.54, 1.807) is 0 Å². The van der Waals surface area contributed by atoms with Gasteiger partial charge in [-0.2, -0.15) is 13.2 Å². The highest BCUT2D eigenvalue weighted by Gasteiger charge is 2.39. The van der Waals surface area contributed by atoms with Crippen molar-refractivity contribution in [1.82, 2.24) is 15.1 Å². The molecule has 27 heavy (non-hydrogen) atoms. The maximum absolute atomic E-state index is 12.8. The minimum atomic E-state index is -4.61. The lowest BCUT2D eigenvalue weighted by Crippen LogP contribution is -2.42. The second-order valence-electron chi connectivity index (χ2n) is 7.90. The van der Waals surface area contributed by atoms with Gasteiger partial charge in [-0.3, -0.25) is 4.79 Å². The summed E-state index contributed by atoms with van der Waals surface area (Å²) >= 11 is 0. The summed E-state index contributed by atoms with van der Waals surface area (Å²) in [7, 11) is 0. The summed E-state index contributed by atoms with van der Waals surface area (Å²) in [4.78, 5) is 14.6. The average molecular weight is 387 g/mol. The Morgan fingerprint density at radius 2 is 1.78 bits per heavy atom. The summed E-state index contributed by atoms with van der Waals surface area (Å²) in [5.41, 5.74) is 0. The minimum absolute atomic E-state index is 0.0332. The van der Waals surface area contributed by atoms with Crippen LogP contribution in [0.3, 0.4) is 0 Å². The normalized spacial score (nSPS) is 25.0. The van der Waals surface area contributed by atoms with Crippen molar-refractivity contribution in [2.75, 3.05) is 13.1 Å². The molecule has 3 rings (SSSR count). The quantitative estimate of drug-likeness (QED) is 0.729. The van der Waals surface area contributed by atoms with Crippen LogP contribution in [0.15, 0.2) is 4.42 Å². The number of likely N-dealkylation sites (tertiary alicyclic amines) is 1. The van der Waals surface area contributed by atoms with Crippen molar-refractivity contribution in [2.24, 2.45) is 11.8 Å². The smallest absolute Gasteiger partial charge is 0.417 e. The fourth-order valence-corrected chi connectivity index (χ4v) is 4.31. The summed E-state index contributed by atoms with van der Waals surface area (Å²) in [5, 5.41) is 6.65. The highest BCUT2D eigenvalue weighted by Crippen LogP contribution is 2.35. The molecule has 1 aliphatic heterocycles. The van der Waals surface area contributed by atoms with E-state index in [1.165, 1.54) is 19.3 Å². The van der Waals surface area contributed by atoms with E-state index in [2.05, 4.69) is 17.1 Å². The lowest BCUT2D eigenvalue weighted by Gasteiger charge is -2.35. The average Bonchev–Trinajstić information content (AvgIpc) is 3.17. The number of rotatable bonds is 5. The zero-order valence-electron chi connectivity index (χ0n) is 15.8. The molecule has 0 bridgehead atoms. The Hall–Kier alpha value is -1.60. The highest BCUT2D eigenvalue weighted by molar-refractivity contribution is 5.79. The van der Waals surface area contributed by atoms with Crippen LogP contribution in [-0.4, -0.2) is 34.1 Å². The Balaban J connectivity index is 1.46. The van der Waals surface area contributed by atoms with Crippen LogP contribution < -0.4 is 0 Å². The van der Waals surface area contributed by atoms with E-state index in [4.69, 9.17) is 4.42 Å². The Morgan fingerprint density at radius 3 is 2.33 bits per heavy atom. The predicted octanol–water partition coefficient (Wildman–Crippen LogP) is 4.79. The standard InChI is InChI=1S/C19H28F3N3O2/c1-2-3-4-13-5-7-15(8-6-13)17(26)25-11-9-14(10-12-25)16-23-24-18(27-16)19(20,21)22/h13-15H,2-12H2,1H3. The van der Waals surface area contributed by atoms with Gasteiger partial charge < -0.3 is 9.32 Å². The number of alkyl halides is 3. The first kappa shape index (κ1) is 20.1. The van der Waals surface area contributed by atoms with Gasteiger partial charge in [-0.25, -0.2) is 0 Å². The first-order chi connectivity index (χ1) is 12.9. The number of halogens is 3. The summed E-state index contributed by atoms with van der Waals surface area (Å²) in [6.45, 7) is 3.29. The van der Waals surface area contributed by atoms with Crippen LogP contribution in [0.25, 0.3) is 0 Å². The molecule has 8 heteroatoms. The number of aromatic nitrogens is 2. The van der Waals surface area contributed by atoms with Gasteiger partial charge in [0.2, 0.25) is 11.8 Å². The lowest BCUT2D eigenvalue weighted by atomic mass is 9.79. The summed E-state index contributed by atoms with van der Waals surface area (Å²) in [6, 6.07) is 0. The molecule has 0 aromatic carbocycles. The Bertz CT molecular complexity index is 616. The molecular weight excluding hydrogens is 359 g/mol. The highest BCUT2D eigenvalue weighted by atomic mass is 19.4. The SMILES string of the molecule is CCCCC1CCC(C(=O)N2CCC(c3nnc(C(F)(F)F)o3)CC2)CC1. The first-order valence-electron chi connectivity index (χ1n) is 10.1. The number of amides is 1. The van der Waals surface area contributed by atoms with Crippen LogP contribution >= 0.6 is 0 Å². The maximum atomic E-state index is 12.8. The number of carbonyl (C=O) groups excluding carboxylic acids is 1. The second kappa shape index (κ2) is 8.61. The van der Waals surface area contributed by atoms with E-state index in [0.717, 1.165) is 31.6 Å². The van der Waals surface area contributed by atoms with Crippen molar-refractivity contribution in [3.8, 4) is 0 Å². The number of carbonyl (C=O) groups is 1. The lowest BCUT2D eigenvalue weighted by molar-refractivity contribution is -0.157. The van der Waals surface area contributed by atoms with E-state index >= 15 is 0 Å². The molecule has 1 saturated heterocycles. The molecule has 0 unspecified atom stereocenters. The van der Waals surface area contributed by atoms with Crippen molar-refractivity contribution < 1.29 is 22.4 Å². The number of nitrogens with zero attached hydrogens (tertiary/aromatic N) is 3. The zero-order chi connectivity index (χ0) is 19.4. The van der Waals surface area contributed by atoms with Gasteiger partial charge in [-0.1, -0.05) is 26.2 Å². The summed E-state index contributed by atoms with van der Waals surface area (Å²) in [6.07, 6.45) is 4.47. The van der Waals surface area contributed by atoms with Gasteiger partial charge in [0, 0.05) is 24.9 Å². The second-order valence-corrected chi connectivity index (χ2v) is 7.90. The van der Waals surface area contributed by atoms with Crippen LogP contribution in [-0.2, 0) is 11.0 Å². The molecule has 2 heterocycles. The van der Waals surface area contributed by atoms with E-state index in [1.807, 2.05) is 4.90 Å².